The summed E-state index contributed by atoms with van der Waals surface area (Å²) in [5.41, 5.74) is -0.326. The lowest BCUT2D eigenvalue weighted by Gasteiger charge is -2.40. The van der Waals surface area contributed by atoms with E-state index in [0.29, 0.717) is 25.7 Å². The summed E-state index contributed by atoms with van der Waals surface area (Å²) in [7, 11) is 1.30. The van der Waals surface area contributed by atoms with E-state index in [-0.39, 0.29) is 35.9 Å². The van der Waals surface area contributed by atoms with Gasteiger partial charge in [0.05, 0.1) is 13.2 Å². The second-order valence-electron chi connectivity index (χ2n) is 6.30. The highest BCUT2D eigenvalue weighted by molar-refractivity contribution is 5.80. The van der Waals surface area contributed by atoms with Crippen molar-refractivity contribution in [3.63, 3.8) is 0 Å². The van der Waals surface area contributed by atoms with Crippen molar-refractivity contribution in [3.05, 3.63) is 29.3 Å². The van der Waals surface area contributed by atoms with Crippen LogP contribution in [0.4, 0.5) is 8.78 Å². The largest absolute Gasteiger partial charge is 0.494 e. The summed E-state index contributed by atoms with van der Waals surface area (Å²) in [5, 5.41) is 0. The van der Waals surface area contributed by atoms with E-state index in [1.54, 1.807) is 0 Å². The number of carbonyl (C=O) groups excluding carboxylic acids is 1. The molecule has 1 saturated carbocycles. The average Bonchev–Trinajstić information content (AvgIpc) is 2.94. The maximum Gasteiger partial charge on any atom is 0.165 e. The molecule has 4 nitrogen and oxygen atoms in total. The summed E-state index contributed by atoms with van der Waals surface area (Å²) >= 11 is 0. The van der Waals surface area contributed by atoms with Crippen molar-refractivity contribution in [1.29, 1.82) is 0 Å². The molecule has 6 heteroatoms. The third-order valence-corrected chi connectivity index (χ3v) is 5.03. The van der Waals surface area contributed by atoms with Crippen LogP contribution in [0.1, 0.15) is 31.7 Å². The van der Waals surface area contributed by atoms with Gasteiger partial charge in [-0.15, -0.1) is 0 Å². The number of methoxy groups -OCH3 is 1. The number of rotatable bonds is 4. The van der Waals surface area contributed by atoms with E-state index in [1.165, 1.54) is 13.2 Å². The van der Waals surface area contributed by atoms with Crippen LogP contribution < -0.4 is 4.74 Å². The third kappa shape index (κ3) is 2.85. The van der Waals surface area contributed by atoms with E-state index in [9.17, 15) is 13.6 Å². The number of hydrogen-bond donors (Lipinski definition) is 0. The lowest BCUT2D eigenvalue weighted by molar-refractivity contribution is -0.130. The Kier molecular flexibility index (Phi) is 4.38. The molecule has 1 aliphatic heterocycles. The smallest absolute Gasteiger partial charge is 0.165 e. The minimum Gasteiger partial charge on any atom is -0.494 e. The maximum absolute atomic E-state index is 14.2. The Hall–Kier alpha value is -1.53. The first-order valence-corrected chi connectivity index (χ1v) is 7.75. The first-order valence-electron chi connectivity index (χ1n) is 7.75. The van der Waals surface area contributed by atoms with Gasteiger partial charge in [-0.05, 0) is 30.4 Å². The van der Waals surface area contributed by atoms with Crippen molar-refractivity contribution in [2.45, 2.75) is 44.3 Å². The number of Topliss-reactive ketones (excluding diaryl/α,β-unsaturated/α-hetero) is 1. The van der Waals surface area contributed by atoms with Crippen LogP contribution in [-0.2, 0) is 20.7 Å². The minimum atomic E-state index is -0.600. The van der Waals surface area contributed by atoms with Crippen molar-refractivity contribution < 1.29 is 27.8 Å². The van der Waals surface area contributed by atoms with Crippen LogP contribution in [0.15, 0.2) is 12.1 Å². The number of halogens is 2. The van der Waals surface area contributed by atoms with Gasteiger partial charge in [-0.25, -0.2) is 8.78 Å². The highest BCUT2D eigenvalue weighted by Gasteiger charge is 2.52. The summed E-state index contributed by atoms with van der Waals surface area (Å²) in [5.74, 6) is -1.16. The van der Waals surface area contributed by atoms with Gasteiger partial charge in [0.15, 0.2) is 11.6 Å². The molecule has 0 radical (unpaired) electrons. The quantitative estimate of drug-likeness (QED) is 0.853. The predicted octanol–water partition coefficient (Wildman–Crippen LogP) is 3.02. The zero-order valence-corrected chi connectivity index (χ0v) is 13.2. The van der Waals surface area contributed by atoms with Crippen molar-refractivity contribution in [2.75, 3.05) is 13.9 Å². The van der Waals surface area contributed by atoms with E-state index in [2.05, 4.69) is 0 Å². The molecule has 1 aliphatic carbocycles. The average molecular weight is 326 g/mol. The zero-order valence-electron chi connectivity index (χ0n) is 13.2. The van der Waals surface area contributed by atoms with Crippen molar-refractivity contribution in [2.24, 2.45) is 5.92 Å². The molecule has 0 N–H and O–H groups in total. The molecule has 0 amide bonds. The minimum absolute atomic E-state index is 0.106. The Morgan fingerprint density at radius 3 is 2.91 bits per heavy atom. The van der Waals surface area contributed by atoms with E-state index in [0.717, 1.165) is 6.07 Å². The SMILES string of the molecule is COc1cc(F)c(CC(C)C23CCC(=O)CC2OCO3)cc1F. The van der Waals surface area contributed by atoms with Gasteiger partial charge in [0, 0.05) is 18.9 Å². The molecule has 1 aromatic rings. The zero-order chi connectivity index (χ0) is 16.6. The fourth-order valence-electron chi connectivity index (χ4n) is 3.66. The molecule has 126 valence electrons. The highest BCUT2D eigenvalue weighted by atomic mass is 19.1. The molecule has 0 spiro atoms. The fraction of sp³-hybridized carbons (Fsp3) is 0.588. The molecular formula is C17H20F2O4. The standard InChI is InChI=1S/C17H20F2O4/c1-10(5-11-6-14(19)15(21-2)8-13(11)18)17-4-3-12(20)7-16(17)22-9-23-17/h6,8,10,16H,3-5,7,9H2,1-2H3. The van der Waals surface area contributed by atoms with Crippen molar-refractivity contribution in [1.82, 2.24) is 0 Å². The predicted molar refractivity (Wildman–Crippen MR) is 78.2 cm³/mol. The molecule has 0 aromatic heterocycles. The molecule has 0 bridgehead atoms. The van der Waals surface area contributed by atoms with Gasteiger partial charge in [-0.1, -0.05) is 6.92 Å². The Morgan fingerprint density at radius 2 is 2.17 bits per heavy atom. The van der Waals surface area contributed by atoms with Crippen molar-refractivity contribution >= 4 is 5.78 Å². The molecule has 3 unspecified atom stereocenters. The molecule has 1 aromatic carbocycles. The fourth-order valence-corrected chi connectivity index (χ4v) is 3.66. The molecule has 2 fully saturated rings. The van der Waals surface area contributed by atoms with Crippen LogP contribution in [0.5, 0.6) is 5.75 Å². The summed E-state index contributed by atoms with van der Waals surface area (Å²) in [6.45, 7) is 2.07. The summed E-state index contributed by atoms with van der Waals surface area (Å²) < 4.78 is 44.2. The van der Waals surface area contributed by atoms with Crippen LogP contribution in [0.2, 0.25) is 0 Å². The molecule has 2 aliphatic rings. The number of hydrogen-bond acceptors (Lipinski definition) is 4. The summed E-state index contributed by atoms with van der Waals surface area (Å²) in [6.07, 6.45) is 1.32. The van der Waals surface area contributed by atoms with Crippen LogP contribution in [-0.4, -0.2) is 31.4 Å². The third-order valence-electron chi connectivity index (χ3n) is 5.03. The van der Waals surface area contributed by atoms with E-state index < -0.39 is 17.2 Å². The normalized spacial score (nSPS) is 28.5. The number of fused-ring (bicyclic) bond motifs is 1. The van der Waals surface area contributed by atoms with E-state index in [4.69, 9.17) is 14.2 Å². The molecule has 23 heavy (non-hydrogen) atoms. The number of ketones is 1. The van der Waals surface area contributed by atoms with Gasteiger partial charge < -0.3 is 14.2 Å². The molecule has 1 saturated heterocycles. The topological polar surface area (TPSA) is 44.8 Å². The summed E-state index contributed by atoms with van der Waals surface area (Å²) in [4.78, 5) is 11.6. The van der Waals surface area contributed by atoms with Gasteiger partial charge in [0.1, 0.15) is 24.0 Å². The van der Waals surface area contributed by atoms with Crippen LogP contribution in [0, 0.1) is 17.6 Å². The number of ether oxygens (including phenoxy) is 3. The van der Waals surface area contributed by atoms with Crippen LogP contribution in [0.25, 0.3) is 0 Å². The Balaban J connectivity index is 1.82. The van der Waals surface area contributed by atoms with Gasteiger partial charge >= 0.3 is 0 Å². The summed E-state index contributed by atoms with van der Waals surface area (Å²) in [6, 6.07) is 2.23. The number of carbonyl (C=O) groups is 1. The van der Waals surface area contributed by atoms with Crippen LogP contribution in [0.3, 0.4) is 0 Å². The molecular weight excluding hydrogens is 306 g/mol. The van der Waals surface area contributed by atoms with Gasteiger partial charge in [0.25, 0.3) is 0 Å². The lowest BCUT2D eigenvalue weighted by atomic mass is 9.72. The molecule has 3 rings (SSSR count). The monoisotopic (exact) mass is 326 g/mol. The van der Waals surface area contributed by atoms with E-state index >= 15 is 0 Å². The highest BCUT2D eigenvalue weighted by Crippen LogP contribution is 2.43. The lowest BCUT2D eigenvalue weighted by Crippen LogP contribution is -2.50. The second kappa shape index (κ2) is 6.17. The number of benzene rings is 1. The van der Waals surface area contributed by atoms with Gasteiger partial charge in [-0.3, -0.25) is 4.79 Å². The first-order chi connectivity index (χ1) is 11.0. The van der Waals surface area contributed by atoms with Crippen molar-refractivity contribution in [3.8, 4) is 5.75 Å². The van der Waals surface area contributed by atoms with Crippen LogP contribution >= 0.6 is 0 Å². The van der Waals surface area contributed by atoms with Gasteiger partial charge in [-0.2, -0.15) is 0 Å². The Bertz CT molecular complexity index is 619. The maximum atomic E-state index is 14.2. The Morgan fingerprint density at radius 1 is 1.39 bits per heavy atom. The molecule has 3 atom stereocenters. The van der Waals surface area contributed by atoms with E-state index in [1.807, 2.05) is 6.92 Å². The van der Waals surface area contributed by atoms with Gasteiger partial charge in [0.2, 0.25) is 0 Å². The molecule has 1 heterocycles. The Labute approximate surface area is 133 Å². The second-order valence-corrected chi connectivity index (χ2v) is 6.30. The first kappa shape index (κ1) is 16.3.